The molecular formula is C24H34N4O3+2. The summed E-state index contributed by atoms with van der Waals surface area (Å²) < 4.78 is 5.22. The number of methoxy groups -OCH3 is 1. The fourth-order valence-electron chi connectivity index (χ4n) is 4.04. The zero-order valence-electron chi connectivity index (χ0n) is 18.7. The standard InChI is InChI=1S/C24H32N4O3/c1-4-19-8-5-6-11-22(19)26-23(29)17-27-12-14-28(15-13-27)18(2)24(30)25-20-9-7-10-21(16-20)31-3/h5-11,16,18H,4,12-15,17H2,1-3H3,(H,25,30)(H,26,29)/p+2/t18-/m1/s1. The minimum absolute atomic E-state index is 0.000573. The molecule has 0 radical (unpaired) electrons. The van der Waals surface area contributed by atoms with Crippen molar-refractivity contribution in [1.82, 2.24) is 0 Å². The van der Waals surface area contributed by atoms with Crippen molar-refractivity contribution in [3.8, 4) is 5.75 Å². The van der Waals surface area contributed by atoms with Crippen LogP contribution in [0.3, 0.4) is 0 Å². The van der Waals surface area contributed by atoms with Crippen molar-refractivity contribution in [2.75, 3.05) is 50.5 Å². The van der Waals surface area contributed by atoms with Crippen molar-refractivity contribution < 1.29 is 24.1 Å². The predicted octanol–water partition coefficient (Wildman–Crippen LogP) is 0.00670. The highest BCUT2D eigenvalue weighted by Gasteiger charge is 2.31. The lowest BCUT2D eigenvalue weighted by Crippen LogP contribution is -3.30. The number of carbonyl (C=O) groups excluding carboxylic acids is 2. The molecule has 0 aliphatic carbocycles. The molecule has 0 aromatic heterocycles. The van der Waals surface area contributed by atoms with Gasteiger partial charge in [0.25, 0.3) is 11.8 Å². The van der Waals surface area contributed by atoms with Gasteiger partial charge in [-0.3, -0.25) is 9.59 Å². The van der Waals surface area contributed by atoms with E-state index in [9.17, 15) is 9.59 Å². The number of hydrogen-bond donors (Lipinski definition) is 4. The number of quaternary nitrogens is 2. The molecular weight excluding hydrogens is 392 g/mol. The monoisotopic (exact) mass is 426 g/mol. The van der Waals surface area contributed by atoms with E-state index in [2.05, 4.69) is 17.6 Å². The van der Waals surface area contributed by atoms with Gasteiger partial charge in [0.05, 0.1) is 7.11 Å². The Kier molecular flexibility index (Phi) is 8.03. The zero-order valence-corrected chi connectivity index (χ0v) is 18.7. The Hall–Kier alpha value is -2.90. The lowest BCUT2D eigenvalue weighted by atomic mass is 10.1. The van der Waals surface area contributed by atoms with Gasteiger partial charge in [-0.15, -0.1) is 0 Å². The molecule has 1 fully saturated rings. The minimum atomic E-state index is -0.155. The van der Waals surface area contributed by atoms with Crippen molar-refractivity contribution in [3.05, 3.63) is 54.1 Å². The van der Waals surface area contributed by atoms with E-state index in [1.54, 1.807) is 7.11 Å². The normalized spacial score (nSPS) is 19.3. The summed E-state index contributed by atoms with van der Waals surface area (Å²) in [7, 11) is 1.61. The first-order valence-electron chi connectivity index (χ1n) is 11.0. The van der Waals surface area contributed by atoms with Gasteiger partial charge in [-0.2, -0.15) is 0 Å². The highest BCUT2D eigenvalue weighted by molar-refractivity contribution is 5.94. The second-order valence-corrected chi connectivity index (χ2v) is 8.09. The zero-order chi connectivity index (χ0) is 22.2. The lowest BCUT2D eigenvalue weighted by Gasteiger charge is -2.32. The second-order valence-electron chi connectivity index (χ2n) is 8.09. The molecule has 7 nitrogen and oxygen atoms in total. The lowest BCUT2D eigenvalue weighted by molar-refractivity contribution is -1.01. The van der Waals surface area contributed by atoms with Crippen LogP contribution in [0.2, 0.25) is 0 Å². The Labute approximate surface area is 184 Å². The average Bonchev–Trinajstić information content (AvgIpc) is 2.79. The fourth-order valence-corrected chi connectivity index (χ4v) is 4.04. The van der Waals surface area contributed by atoms with E-state index in [1.165, 1.54) is 9.80 Å². The van der Waals surface area contributed by atoms with Gasteiger partial charge in [0.2, 0.25) is 0 Å². The van der Waals surface area contributed by atoms with E-state index in [4.69, 9.17) is 4.74 Å². The first-order chi connectivity index (χ1) is 15.0. The molecule has 0 bridgehead atoms. The molecule has 31 heavy (non-hydrogen) atoms. The number of amides is 2. The number of rotatable bonds is 8. The number of ether oxygens (including phenoxy) is 1. The molecule has 0 unspecified atom stereocenters. The molecule has 1 atom stereocenters. The fraction of sp³-hybridized carbons (Fsp3) is 0.417. The molecule has 2 aromatic rings. The number of benzene rings is 2. The molecule has 2 amide bonds. The highest BCUT2D eigenvalue weighted by Crippen LogP contribution is 2.17. The molecule has 166 valence electrons. The van der Waals surface area contributed by atoms with Gasteiger partial charge in [-0.05, 0) is 37.1 Å². The molecule has 2 aromatic carbocycles. The van der Waals surface area contributed by atoms with Gasteiger partial charge in [-0.1, -0.05) is 31.2 Å². The van der Waals surface area contributed by atoms with Crippen LogP contribution in [0.25, 0.3) is 0 Å². The molecule has 0 spiro atoms. The maximum absolute atomic E-state index is 12.7. The molecule has 1 aliphatic rings. The van der Waals surface area contributed by atoms with E-state index >= 15 is 0 Å². The van der Waals surface area contributed by atoms with Crippen LogP contribution >= 0.6 is 0 Å². The molecule has 1 aliphatic heterocycles. The maximum Gasteiger partial charge on any atom is 0.282 e. The number of piperazine rings is 1. The SMILES string of the molecule is CCc1ccccc1NC(=O)C[NH+]1CC[NH+]([C@H](C)C(=O)Nc2cccc(OC)c2)CC1. The molecule has 0 saturated carbocycles. The van der Waals surface area contributed by atoms with Gasteiger partial charge in [-0.25, -0.2) is 0 Å². The van der Waals surface area contributed by atoms with Crippen LogP contribution in [0, 0.1) is 0 Å². The highest BCUT2D eigenvalue weighted by atomic mass is 16.5. The summed E-state index contributed by atoms with van der Waals surface area (Å²) in [5.41, 5.74) is 2.79. The third-order valence-electron chi connectivity index (χ3n) is 6.03. The Bertz CT molecular complexity index is 894. The molecule has 7 heteroatoms. The topological polar surface area (TPSA) is 76.3 Å². The Morgan fingerprint density at radius 2 is 1.77 bits per heavy atom. The van der Waals surface area contributed by atoms with Gasteiger partial charge in [0.15, 0.2) is 12.6 Å². The van der Waals surface area contributed by atoms with Gasteiger partial charge >= 0.3 is 0 Å². The van der Waals surface area contributed by atoms with Crippen LogP contribution in [-0.4, -0.2) is 57.7 Å². The first-order valence-corrected chi connectivity index (χ1v) is 11.0. The smallest absolute Gasteiger partial charge is 0.282 e. The van der Waals surface area contributed by atoms with Crippen molar-refractivity contribution in [3.63, 3.8) is 0 Å². The largest absolute Gasteiger partial charge is 0.497 e. The number of para-hydroxylation sites is 1. The van der Waals surface area contributed by atoms with Gasteiger partial charge in [0, 0.05) is 17.4 Å². The van der Waals surface area contributed by atoms with Crippen molar-refractivity contribution in [2.45, 2.75) is 26.3 Å². The van der Waals surface area contributed by atoms with Crippen LogP contribution in [-0.2, 0) is 16.0 Å². The summed E-state index contributed by atoms with van der Waals surface area (Å²) in [5.74, 6) is 0.763. The summed E-state index contributed by atoms with van der Waals surface area (Å²) in [6, 6.07) is 15.2. The van der Waals surface area contributed by atoms with E-state index in [-0.39, 0.29) is 17.9 Å². The van der Waals surface area contributed by atoms with Gasteiger partial charge < -0.3 is 25.2 Å². The minimum Gasteiger partial charge on any atom is -0.497 e. The number of hydrogen-bond acceptors (Lipinski definition) is 3. The summed E-state index contributed by atoms with van der Waals surface area (Å²) in [5, 5.41) is 6.04. The molecule has 4 N–H and O–H groups in total. The average molecular weight is 427 g/mol. The third kappa shape index (κ3) is 6.29. The Morgan fingerprint density at radius 1 is 1.03 bits per heavy atom. The van der Waals surface area contributed by atoms with E-state index in [1.807, 2.05) is 55.5 Å². The molecule has 3 rings (SSSR count). The number of carbonyl (C=O) groups is 2. The Morgan fingerprint density at radius 3 is 2.48 bits per heavy atom. The van der Waals surface area contributed by atoms with Crippen molar-refractivity contribution >= 4 is 23.2 Å². The first kappa shape index (κ1) is 22.8. The molecule has 1 heterocycles. The van der Waals surface area contributed by atoms with E-state index < -0.39 is 0 Å². The summed E-state index contributed by atoms with van der Waals surface area (Å²) in [6.45, 7) is 7.97. The third-order valence-corrected chi connectivity index (χ3v) is 6.03. The summed E-state index contributed by atoms with van der Waals surface area (Å²) in [6.07, 6.45) is 0.890. The summed E-state index contributed by atoms with van der Waals surface area (Å²) >= 11 is 0. The van der Waals surface area contributed by atoms with Crippen molar-refractivity contribution in [2.24, 2.45) is 0 Å². The van der Waals surface area contributed by atoms with Crippen LogP contribution in [0.15, 0.2) is 48.5 Å². The summed E-state index contributed by atoms with van der Waals surface area (Å²) in [4.78, 5) is 27.7. The maximum atomic E-state index is 12.7. The van der Waals surface area contributed by atoms with Crippen molar-refractivity contribution in [1.29, 1.82) is 0 Å². The number of anilines is 2. The predicted molar refractivity (Wildman–Crippen MR) is 122 cm³/mol. The second kappa shape index (κ2) is 10.9. The molecule has 1 saturated heterocycles. The van der Waals surface area contributed by atoms with E-state index in [0.29, 0.717) is 6.54 Å². The van der Waals surface area contributed by atoms with Crippen LogP contribution in [0.4, 0.5) is 11.4 Å². The number of aryl methyl sites for hydroxylation is 1. The van der Waals surface area contributed by atoms with Gasteiger partial charge in [0.1, 0.15) is 31.9 Å². The quantitative estimate of drug-likeness (QED) is 0.480. The Balaban J connectivity index is 1.46. The number of nitrogens with one attached hydrogen (secondary N) is 4. The van der Waals surface area contributed by atoms with Crippen LogP contribution in [0.1, 0.15) is 19.4 Å². The van der Waals surface area contributed by atoms with E-state index in [0.717, 1.165) is 55.3 Å². The van der Waals surface area contributed by atoms with Crippen LogP contribution in [0.5, 0.6) is 5.75 Å². The van der Waals surface area contributed by atoms with Crippen LogP contribution < -0.4 is 25.2 Å².